The van der Waals surface area contributed by atoms with E-state index in [0.717, 1.165) is 13.1 Å². The SMILES string of the molecule is COCCOc1nc(Cl)nc(N2CCOCC2)n1. The van der Waals surface area contributed by atoms with E-state index in [9.17, 15) is 0 Å². The fourth-order valence-corrected chi connectivity index (χ4v) is 1.66. The van der Waals surface area contributed by atoms with Gasteiger partial charge in [-0.05, 0) is 11.6 Å². The minimum absolute atomic E-state index is 0.124. The van der Waals surface area contributed by atoms with Crippen LogP contribution in [0.15, 0.2) is 0 Å². The second-order valence-electron chi connectivity index (χ2n) is 3.63. The number of morpholine rings is 1. The minimum atomic E-state index is 0.124. The molecule has 0 bridgehead atoms. The molecule has 1 saturated heterocycles. The van der Waals surface area contributed by atoms with Crippen molar-refractivity contribution in [3.05, 3.63) is 5.28 Å². The summed E-state index contributed by atoms with van der Waals surface area (Å²) in [5.41, 5.74) is 0. The summed E-state index contributed by atoms with van der Waals surface area (Å²) in [6.07, 6.45) is 0. The summed E-state index contributed by atoms with van der Waals surface area (Å²) >= 11 is 5.85. The van der Waals surface area contributed by atoms with Crippen molar-refractivity contribution < 1.29 is 14.2 Å². The van der Waals surface area contributed by atoms with Crippen LogP contribution in [0, 0.1) is 0 Å². The van der Waals surface area contributed by atoms with Gasteiger partial charge < -0.3 is 19.1 Å². The van der Waals surface area contributed by atoms with Crippen LogP contribution in [-0.2, 0) is 9.47 Å². The van der Waals surface area contributed by atoms with Crippen LogP contribution in [-0.4, -0.2) is 61.6 Å². The number of anilines is 1. The largest absolute Gasteiger partial charge is 0.461 e. The van der Waals surface area contributed by atoms with Gasteiger partial charge in [0.15, 0.2) is 0 Å². The normalized spacial score (nSPS) is 15.8. The molecule has 18 heavy (non-hydrogen) atoms. The number of halogens is 1. The Hall–Kier alpha value is -1.18. The third-order valence-corrected chi connectivity index (χ3v) is 2.56. The average Bonchev–Trinajstić information content (AvgIpc) is 2.39. The van der Waals surface area contributed by atoms with Crippen molar-refractivity contribution in [1.29, 1.82) is 0 Å². The van der Waals surface area contributed by atoms with Gasteiger partial charge in [-0.1, -0.05) is 0 Å². The van der Waals surface area contributed by atoms with E-state index in [1.165, 1.54) is 0 Å². The maximum absolute atomic E-state index is 5.85. The molecule has 2 rings (SSSR count). The molecular weight excluding hydrogens is 260 g/mol. The number of hydrogen-bond acceptors (Lipinski definition) is 7. The van der Waals surface area contributed by atoms with Gasteiger partial charge in [-0.3, -0.25) is 0 Å². The molecule has 1 fully saturated rings. The average molecular weight is 275 g/mol. The first-order chi connectivity index (χ1) is 8.79. The molecule has 0 amide bonds. The molecule has 0 saturated carbocycles. The molecule has 1 aromatic heterocycles. The standard InChI is InChI=1S/C10H15ClN4O3/c1-16-6-7-18-10-13-8(11)12-9(14-10)15-2-4-17-5-3-15/h2-7H2,1H3. The lowest BCUT2D eigenvalue weighted by Crippen LogP contribution is -2.37. The molecule has 0 aliphatic carbocycles. The van der Waals surface area contributed by atoms with E-state index < -0.39 is 0 Å². The van der Waals surface area contributed by atoms with Crippen LogP contribution in [0.3, 0.4) is 0 Å². The van der Waals surface area contributed by atoms with E-state index in [-0.39, 0.29) is 11.3 Å². The molecule has 7 nitrogen and oxygen atoms in total. The summed E-state index contributed by atoms with van der Waals surface area (Å²) in [6, 6.07) is 0.216. The predicted octanol–water partition coefficient (Wildman–Crippen LogP) is 0.387. The summed E-state index contributed by atoms with van der Waals surface area (Å²) < 4.78 is 15.5. The fraction of sp³-hybridized carbons (Fsp3) is 0.700. The highest BCUT2D eigenvalue weighted by Crippen LogP contribution is 2.16. The number of aromatic nitrogens is 3. The number of methoxy groups -OCH3 is 1. The molecule has 1 aliphatic heterocycles. The quantitative estimate of drug-likeness (QED) is 0.719. The van der Waals surface area contributed by atoms with Gasteiger partial charge in [-0.15, -0.1) is 0 Å². The van der Waals surface area contributed by atoms with Gasteiger partial charge in [0.05, 0.1) is 19.8 Å². The molecule has 0 aromatic carbocycles. The molecule has 1 aliphatic rings. The van der Waals surface area contributed by atoms with E-state index >= 15 is 0 Å². The van der Waals surface area contributed by atoms with Crippen molar-refractivity contribution in [3.63, 3.8) is 0 Å². The number of ether oxygens (including phenoxy) is 3. The Morgan fingerprint density at radius 2 is 2.00 bits per heavy atom. The first kappa shape index (κ1) is 13.3. The van der Waals surface area contributed by atoms with Gasteiger partial charge in [-0.25, -0.2) is 0 Å². The second kappa shape index (κ2) is 6.67. The smallest absolute Gasteiger partial charge is 0.322 e. The zero-order valence-corrected chi connectivity index (χ0v) is 10.9. The highest BCUT2D eigenvalue weighted by molar-refractivity contribution is 6.28. The molecule has 2 heterocycles. The van der Waals surface area contributed by atoms with E-state index in [1.807, 2.05) is 4.90 Å². The van der Waals surface area contributed by atoms with E-state index in [4.69, 9.17) is 25.8 Å². The monoisotopic (exact) mass is 274 g/mol. The Morgan fingerprint density at radius 1 is 1.22 bits per heavy atom. The Labute approximate surface area is 110 Å². The van der Waals surface area contributed by atoms with Gasteiger partial charge in [0.25, 0.3) is 0 Å². The van der Waals surface area contributed by atoms with E-state index in [1.54, 1.807) is 7.11 Å². The maximum atomic E-state index is 5.85. The Morgan fingerprint density at radius 3 is 2.72 bits per heavy atom. The summed E-state index contributed by atoms with van der Waals surface area (Å²) in [5.74, 6) is 0.519. The van der Waals surface area contributed by atoms with Crippen molar-refractivity contribution in [2.24, 2.45) is 0 Å². The summed E-state index contributed by atoms with van der Waals surface area (Å²) in [6.45, 7) is 3.62. The molecular formula is C10H15ClN4O3. The van der Waals surface area contributed by atoms with Crippen LogP contribution in [0.4, 0.5) is 5.95 Å². The van der Waals surface area contributed by atoms with Crippen LogP contribution in [0.25, 0.3) is 0 Å². The molecule has 0 atom stereocenters. The van der Waals surface area contributed by atoms with Crippen molar-refractivity contribution in [3.8, 4) is 6.01 Å². The van der Waals surface area contributed by atoms with Gasteiger partial charge in [0.2, 0.25) is 11.2 Å². The Bertz CT molecular complexity index is 387. The third kappa shape index (κ3) is 3.66. The van der Waals surface area contributed by atoms with Crippen LogP contribution in [0.1, 0.15) is 0 Å². The third-order valence-electron chi connectivity index (χ3n) is 2.39. The topological polar surface area (TPSA) is 69.6 Å². The fourth-order valence-electron chi connectivity index (χ4n) is 1.51. The molecule has 1 aromatic rings. The van der Waals surface area contributed by atoms with Crippen molar-refractivity contribution in [2.75, 3.05) is 51.5 Å². The van der Waals surface area contributed by atoms with Gasteiger partial charge in [-0.2, -0.15) is 15.0 Å². The van der Waals surface area contributed by atoms with Gasteiger partial charge in [0, 0.05) is 20.2 Å². The van der Waals surface area contributed by atoms with Crippen LogP contribution in [0.2, 0.25) is 5.28 Å². The molecule has 0 spiro atoms. The highest BCUT2D eigenvalue weighted by Gasteiger charge is 2.16. The Kier molecular flexibility index (Phi) is 4.91. The zero-order valence-electron chi connectivity index (χ0n) is 10.1. The van der Waals surface area contributed by atoms with E-state index in [0.29, 0.717) is 32.4 Å². The van der Waals surface area contributed by atoms with Crippen LogP contribution in [0.5, 0.6) is 6.01 Å². The van der Waals surface area contributed by atoms with Crippen molar-refractivity contribution in [1.82, 2.24) is 15.0 Å². The molecule has 0 unspecified atom stereocenters. The zero-order chi connectivity index (χ0) is 12.8. The molecule has 8 heteroatoms. The predicted molar refractivity (Wildman–Crippen MR) is 65.2 cm³/mol. The number of nitrogens with zero attached hydrogens (tertiary/aromatic N) is 4. The lowest BCUT2D eigenvalue weighted by Gasteiger charge is -2.26. The lowest BCUT2D eigenvalue weighted by atomic mass is 10.4. The van der Waals surface area contributed by atoms with Crippen molar-refractivity contribution >= 4 is 17.5 Å². The lowest BCUT2D eigenvalue weighted by molar-refractivity contribution is 0.121. The molecule has 0 N–H and O–H groups in total. The highest BCUT2D eigenvalue weighted by atomic mass is 35.5. The molecule has 100 valence electrons. The maximum Gasteiger partial charge on any atom is 0.322 e. The van der Waals surface area contributed by atoms with E-state index in [2.05, 4.69) is 15.0 Å². The Balaban J connectivity index is 2.05. The summed E-state index contributed by atoms with van der Waals surface area (Å²) in [4.78, 5) is 14.2. The van der Waals surface area contributed by atoms with Crippen molar-refractivity contribution in [2.45, 2.75) is 0 Å². The van der Waals surface area contributed by atoms with Gasteiger partial charge >= 0.3 is 6.01 Å². The number of rotatable bonds is 5. The first-order valence-corrected chi connectivity index (χ1v) is 6.03. The van der Waals surface area contributed by atoms with Gasteiger partial charge in [0.1, 0.15) is 6.61 Å². The minimum Gasteiger partial charge on any atom is -0.461 e. The summed E-state index contributed by atoms with van der Waals surface area (Å²) in [5, 5.41) is 0.124. The summed E-state index contributed by atoms with van der Waals surface area (Å²) in [7, 11) is 1.60. The molecule has 0 radical (unpaired) electrons. The second-order valence-corrected chi connectivity index (χ2v) is 3.97. The van der Waals surface area contributed by atoms with Crippen LogP contribution >= 0.6 is 11.6 Å². The van der Waals surface area contributed by atoms with Crippen LogP contribution < -0.4 is 9.64 Å². The first-order valence-electron chi connectivity index (χ1n) is 5.65. The number of hydrogen-bond donors (Lipinski definition) is 0.